The summed E-state index contributed by atoms with van der Waals surface area (Å²) < 4.78 is 5.77. The van der Waals surface area contributed by atoms with Crippen molar-refractivity contribution < 1.29 is 9.53 Å². The molecule has 0 saturated carbocycles. The second kappa shape index (κ2) is 10.8. The van der Waals surface area contributed by atoms with Gasteiger partial charge in [-0.25, -0.2) is 0 Å². The summed E-state index contributed by atoms with van der Waals surface area (Å²) in [5, 5.41) is 6.34. The zero-order valence-corrected chi connectivity index (χ0v) is 15.8. The average molecular weight is 375 g/mol. The van der Waals surface area contributed by atoms with E-state index in [0.717, 1.165) is 36.4 Å². The van der Waals surface area contributed by atoms with E-state index in [1.54, 1.807) is 0 Å². The molecule has 1 unspecified atom stereocenters. The van der Waals surface area contributed by atoms with E-state index >= 15 is 0 Å². The lowest BCUT2D eigenvalue weighted by molar-refractivity contribution is -0.121. The highest BCUT2D eigenvalue weighted by Gasteiger charge is 2.15. The van der Waals surface area contributed by atoms with Gasteiger partial charge in [-0.2, -0.15) is 0 Å². The number of halogens is 1. The van der Waals surface area contributed by atoms with Crippen LogP contribution in [0.25, 0.3) is 0 Å². The summed E-state index contributed by atoms with van der Waals surface area (Å²) in [5.74, 6) is 1.63. The minimum Gasteiger partial charge on any atom is -0.489 e. The standard InChI is InChI=1S/C21H26N2O2.ClH/c24-21(11-8-18-12-13-22-14-18)23-15-17-6-9-20(10-7-17)25-16-19-4-2-1-3-5-19;/h1-7,9-10,18,22H,8,11-16H2,(H,23,24);1H. The van der Waals surface area contributed by atoms with Crippen molar-refractivity contribution in [3.63, 3.8) is 0 Å². The fraction of sp³-hybridized carbons (Fsp3) is 0.381. The molecule has 1 amide bonds. The van der Waals surface area contributed by atoms with E-state index in [4.69, 9.17) is 4.74 Å². The lowest BCUT2D eigenvalue weighted by Crippen LogP contribution is -2.23. The Bertz CT molecular complexity index is 655. The van der Waals surface area contributed by atoms with Crippen LogP contribution in [0.2, 0.25) is 0 Å². The van der Waals surface area contributed by atoms with Crippen LogP contribution in [0.3, 0.4) is 0 Å². The number of hydrogen-bond acceptors (Lipinski definition) is 3. The molecule has 140 valence electrons. The number of nitrogens with one attached hydrogen (secondary N) is 2. The van der Waals surface area contributed by atoms with Crippen molar-refractivity contribution in [1.29, 1.82) is 0 Å². The van der Waals surface area contributed by atoms with Gasteiger partial charge in [0, 0.05) is 13.0 Å². The first kappa shape index (κ1) is 20.3. The maximum Gasteiger partial charge on any atom is 0.220 e. The van der Waals surface area contributed by atoms with Crippen LogP contribution in [0.5, 0.6) is 5.75 Å². The third-order valence-electron chi connectivity index (χ3n) is 4.60. The molecule has 0 spiro atoms. The lowest BCUT2D eigenvalue weighted by Gasteiger charge is -2.10. The second-order valence-corrected chi connectivity index (χ2v) is 6.59. The monoisotopic (exact) mass is 374 g/mol. The van der Waals surface area contributed by atoms with E-state index in [2.05, 4.69) is 10.6 Å². The molecule has 5 heteroatoms. The van der Waals surface area contributed by atoms with Crippen molar-refractivity contribution in [1.82, 2.24) is 10.6 Å². The van der Waals surface area contributed by atoms with E-state index in [1.807, 2.05) is 54.6 Å². The van der Waals surface area contributed by atoms with E-state index in [0.29, 0.717) is 25.5 Å². The quantitative estimate of drug-likeness (QED) is 0.740. The first-order valence-electron chi connectivity index (χ1n) is 9.03. The van der Waals surface area contributed by atoms with Gasteiger partial charge < -0.3 is 15.4 Å². The average Bonchev–Trinajstić information content (AvgIpc) is 3.18. The van der Waals surface area contributed by atoms with Crippen molar-refractivity contribution >= 4 is 18.3 Å². The summed E-state index contributed by atoms with van der Waals surface area (Å²) in [6.45, 7) is 3.27. The number of benzene rings is 2. The van der Waals surface area contributed by atoms with Gasteiger partial charge >= 0.3 is 0 Å². The van der Waals surface area contributed by atoms with Crippen LogP contribution in [-0.2, 0) is 17.9 Å². The topological polar surface area (TPSA) is 50.4 Å². The third kappa shape index (κ3) is 6.70. The molecule has 1 aliphatic heterocycles. The Morgan fingerprint density at radius 1 is 1.08 bits per heavy atom. The molecule has 2 aromatic carbocycles. The molecule has 0 radical (unpaired) electrons. The van der Waals surface area contributed by atoms with Crippen LogP contribution in [-0.4, -0.2) is 19.0 Å². The Balaban J connectivity index is 0.00000243. The van der Waals surface area contributed by atoms with Gasteiger partial charge in [-0.1, -0.05) is 42.5 Å². The maximum absolute atomic E-state index is 11.9. The van der Waals surface area contributed by atoms with Gasteiger partial charge in [0.15, 0.2) is 0 Å². The van der Waals surface area contributed by atoms with Crippen molar-refractivity contribution in [2.75, 3.05) is 13.1 Å². The minimum atomic E-state index is 0. The number of rotatable bonds is 8. The SMILES string of the molecule is Cl.O=C(CCC1CCNC1)NCc1ccc(OCc2ccccc2)cc1. The Morgan fingerprint density at radius 2 is 1.85 bits per heavy atom. The van der Waals surface area contributed by atoms with Gasteiger partial charge in [0.1, 0.15) is 12.4 Å². The Morgan fingerprint density at radius 3 is 2.54 bits per heavy atom. The van der Waals surface area contributed by atoms with Gasteiger partial charge in [0.05, 0.1) is 0 Å². The van der Waals surface area contributed by atoms with Gasteiger partial charge in [-0.15, -0.1) is 12.4 Å². The molecule has 3 rings (SSSR count). The summed E-state index contributed by atoms with van der Waals surface area (Å²) >= 11 is 0. The molecule has 26 heavy (non-hydrogen) atoms. The Kier molecular flexibility index (Phi) is 8.45. The van der Waals surface area contributed by atoms with Crippen molar-refractivity contribution in [2.24, 2.45) is 5.92 Å². The van der Waals surface area contributed by atoms with Gasteiger partial charge in [-0.05, 0) is 55.1 Å². The smallest absolute Gasteiger partial charge is 0.220 e. The molecule has 1 atom stereocenters. The highest BCUT2D eigenvalue weighted by molar-refractivity contribution is 5.85. The van der Waals surface area contributed by atoms with Crippen molar-refractivity contribution in [3.8, 4) is 5.75 Å². The van der Waals surface area contributed by atoms with Crippen LogP contribution in [0, 0.1) is 5.92 Å². The molecule has 1 saturated heterocycles. The van der Waals surface area contributed by atoms with E-state index in [-0.39, 0.29) is 18.3 Å². The number of carbonyl (C=O) groups excluding carboxylic acids is 1. The Labute approximate surface area is 161 Å². The molecular weight excluding hydrogens is 348 g/mol. The zero-order chi connectivity index (χ0) is 17.3. The highest BCUT2D eigenvalue weighted by Crippen LogP contribution is 2.15. The molecule has 2 aromatic rings. The Hall–Kier alpha value is -2.04. The predicted octanol–water partition coefficient (Wildman–Crippen LogP) is 3.69. The summed E-state index contributed by atoms with van der Waals surface area (Å²) in [6, 6.07) is 18.0. The second-order valence-electron chi connectivity index (χ2n) is 6.59. The summed E-state index contributed by atoms with van der Waals surface area (Å²) in [6.07, 6.45) is 2.79. The highest BCUT2D eigenvalue weighted by atomic mass is 35.5. The van der Waals surface area contributed by atoms with E-state index < -0.39 is 0 Å². The van der Waals surface area contributed by atoms with E-state index in [9.17, 15) is 4.79 Å². The van der Waals surface area contributed by atoms with Gasteiger partial charge in [0.25, 0.3) is 0 Å². The van der Waals surface area contributed by atoms with E-state index in [1.165, 1.54) is 6.42 Å². The van der Waals surface area contributed by atoms with Crippen LogP contribution < -0.4 is 15.4 Å². The number of amides is 1. The van der Waals surface area contributed by atoms with Crippen LogP contribution in [0.4, 0.5) is 0 Å². The number of carbonyl (C=O) groups is 1. The summed E-state index contributed by atoms with van der Waals surface area (Å²) in [5.41, 5.74) is 2.24. The van der Waals surface area contributed by atoms with Crippen LogP contribution >= 0.6 is 12.4 Å². The molecule has 0 aromatic heterocycles. The van der Waals surface area contributed by atoms with Gasteiger partial charge in [-0.3, -0.25) is 4.79 Å². The molecule has 0 aliphatic carbocycles. The van der Waals surface area contributed by atoms with Crippen LogP contribution in [0.15, 0.2) is 54.6 Å². The van der Waals surface area contributed by atoms with Crippen molar-refractivity contribution in [3.05, 3.63) is 65.7 Å². The number of ether oxygens (including phenoxy) is 1. The number of hydrogen-bond donors (Lipinski definition) is 2. The molecule has 1 aliphatic rings. The van der Waals surface area contributed by atoms with Gasteiger partial charge in [0.2, 0.25) is 5.91 Å². The molecular formula is C21H27ClN2O2. The lowest BCUT2D eigenvalue weighted by atomic mass is 10.0. The zero-order valence-electron chi connectivity index (χ0n) is 14.9. The summed E-state index contributed by atoms with van der Waals surface area (Å²) in [7, 11) is 0. The molecule has 4 nitrogen and oxygen atoms in total. The molecule has 1 fully saturated rings. The molecule has 0 bridgehead atoms. The third-order valence-corrected chi connectivity index (χ3v) is 4.60. The fourth-order valence-electron chi connectivity index (χ4n) is 3.03. The summed E-state index contributed by atoms with van der Waals surface area (Å²) in [4.78, 5) is 11.9. The molecule has 1 heterocycles. The predicted molar refractivity (Wildman–Crippen MR) is 107 cm³/mol. The van der Waals surface area contributed by atoms with Crippen LogP contribution in [0.1, 0.15) is 30.4 Å². The first-order chi connectivity index (χ1) is 12.3. The first-order valence-corrected chi connectivity index (χ1v) is 9.03. The normalized spacial score (nSPS) is 15.9. The minimum absolute atomic E-state index is 0. The maximum atomic E-state index is 11.9. The van der Waals surface area contributed by atoms with Crippen molar-refractivity contribution in [2.45, 2.75) is 32.4 Å². The fourth-order valence-corrected chi connectivity index (χ4v) is 3.03. The molecule has 2 N–H and O–H groups in total. The largest absolute Gasteiger partial charge is 0.489 e.